The minimum atomic E-state index is -1.27. The predicted octanol–water partition coefficient (Wildman–Crippen LogP) is 3.03. The van der Waals surface area contributed by atoms with Crippen molar-refractivity contribution in [2.24, 2.45) is 0 Å². The lowest BCUT2D eigenvalue weighted by molar-refractivity contribution is -0.147. The Balaban J connectivity index is 3.27. The Morgan fingerprint density at radius 1 is 1.26 bits per heavy atom. The Kier molecular flexibility index (Phi) is 9.29. The molecule has 7 heteroatoms. The van der Waals surface area contributed by atoms with Gasteiger partial charge in [0.1, 0.15) is 17.1 Å². The SMILES string of the molecule is C/C=C/CCN1C(=O)C(C)(N(CC/C=C/C)C(=O)CCl)C=C1C(=O)OCC. The molecule has 27 heavy (non-hydrogen) atoms. The zero-order valence-corrected chi connectivity index (χ0v) is 17.3. The maximum atomic E-state index is 13.2. The van der Waals surface area contributed by atoms with E-state index >= 15 is 0 Å². The minimum Gasteiger partial charge on any atom is -0.461 e. The van der Waals surface area contributed by atoms with E-state index in [1.54, 1.807) is 13.8 Å². The van der Waals surface area contributed by atoms with Gasteiger partial charge in [-0.25, -0.2) is 4.79 Å². The van der Waals surface area contributed by atoms with Crippen molar-refractivity contribution in [3.63, 3.8) is 0 Å². The first-order valence-electron chi connectivity index (χ1n) is 9.18. The Hall–Kier alpha value is -2.08. The highest BCUT2D eigenvalue weighted by Gasteiger charge is 2.50. The molecule has 0 fully saturated rings. The molecule has 0 N–H and O–H groups in total. The van der Waals surface area contributed by atoms with Crippen LogP contribution in [0.4, 0.5) is 0 Å². The van der Waals surface area contributed by atoms with Gasteiger partial charge in [-0.15, -0.1) is 11.6 Å². The molecule has 0 radical (unpaired) electrons. The van der Waals surface area contributed by atoms with Gasteiger partial charge in [-0.1, -0.05) is 24.3 Å². The number of amides is 2. The van der Waals surface area contributed by atoms with Crippen molar-refractivity contribution in [3.05, 3.63) is 36.1 Å². The van der Waals surface area contributed by atoms with Gasteiger partial charge >= 0.3 is 5.97 Å². The number of ether oxygens (including phenoxy) is 1. The molecule has 2 amide bonds. The molecule has 0 spiro atoms. The van der Waals surface area contributed by atoms with Gasteiger partial charge in [0, 0.05) is 13.1 Å². The van der Waals surface area contributed by atoms with Crippen LogP contribution in [0.1, 0.15) is 40.5 Å². The Morgan fingerprint density at radius 3 is 2.44 bits per heavy atom. The van der Waals surface area contributed by atoms with Crippen LogP contribution in [0.25, 0.3) is 0 Å². The van der Waals surface area contributed by atoms with Gasteiger partial charge in [0.25, 0.3) is 5.91 Å². The topological polar surface area (TPSA) is 66.9 Å². The number of esters is 1. The average molecular weight is 397 g/mol. The third-order valence-electron chi connectivity index (χ3n) is 4.36. The first-order valence-corrected chi connectivity index (χ1v) is 9.71. The zero-order chi connectivity index (χ0) is 20.4. The number of halogens is 1. The lowest BCUT2D eigenvalue weighted by atomic mass is 9.99. The molecule has 150 valence electrons. The average Bonchev–Trinajstić information content (AvgIpc) is 2.91. The fourth-order valence-electron chi connectivity index (χ4n) is 3.01. The molecular formula is C20H29ClN2O4. The summed E-state index contributed by atoms with van der Waals surface area (Å²) in [5.41, 5.74) is -1.10. The summed E-state index contributed by atoms with van der Waals surface area (Å²) in [6.07, 6.45) is 10.3. The van der Waals surface area contributed by atoms with Gasteiger partial charge in [-0.05, 0) is 46.6 Å². The largest absolute Gasteiger partial charge is 0.461 e. The van der Waals surface area contributed by atoms with Crippen molar-refractivity contribution in [3.8, 4) is 0 Å². The zero-order valence-electron chi connectivity index (χ0n) is 16.5. The van der Waals surface area contributed by atoms with E-state index in [1.165, 1.54) is 15.9 Å². The van der Waals surface area contributed by atoms with Gasteiger partial charge in [0.15, 0.2) is 0 Å². The molecule has 1 unspecified atom stereocenters. The standard InChI is InChI=1S/C20H29ClN2O4/c1-5-8-10-12-22-16(18(25)27-7-3)14-20(4,19(22)26)23(17(24)15-21)13-11-9-6-2/h5-6,8-9,14H,7,10-13,15H2,1-4H3/b8-5+,9-6+. The molecule has 1 atom stereocenters. The molecule has 0 aromatic heterocycles. The molecule has 0 saturated carbocycles. The van der Waals surface area contributed by atoms with Crippen molar-refractivity contribution in [1.82, 2.24) is 9.80 Å². The quantitative estimate of drug-likeness (QED) is 0.323. The fourth-order valence-corrected chi connectivity index (χ4v) is 3.15. The van der Waals surface area contributed by atoms with Crippen LogP contribution in [-0.2, 0) is 19.1 Å². The Bertz CT molecular complexity index is 642. The summed E-state index contributed by atoms with van der Waals surface area (Å²) in [5.74, 6) is -1.48. The lowest BCUT2D eigenvalue weighted by Gasteiger charge is -2.36. The van der Waals surface area contributed by atoms with Crippen LogP contribution in [0, 0.1) is 0 Å². The first kappa shape index (κ1) is 23.0. The van der Waals surface area contributed by atoms with Crippen LogP contribution in [-0.4, -0.2) is 58.7 Å². The number of alkyl halides is 1. The van der Waals surface area contributed by atoms with E-state index in [2.05, 4.69) is 0 Å². The first-order chi connectivity index (χ1) is 12.9. The summed E-state index contributed by atoms with van der Waals surface area (Å²) in [6.45, 7) is 7.99. The lowest BCUT2D eigenvalue weighted by Crippen LogP contribution is -2.55. The fraction of sp³-hybridized carbons (Fsp3) is 0.550. The summed E-state index contributed by atoms with van der Waals surface area (Å²) >= 11 is 5.78. The van der Waals surface area contributed by atoms with Crippen LogP contribution >= 0.6 is 11.6 Å². The summed E-state index contributed by atoms with van der Waals surface area (Å²) < 4.78 is 5.11. The highest BCUT2D eigenvalue weighted by molar-refractivity contribution is 6.27. The predicted molar refractivity (Wildman–Crippen MR) is 106 cm³/mol. The van der Waals surface area contributed by atoms with Gasteiger partial charge in [-0.2, -0.15) is 0 Å². The van der Waals surface area contributed by atoms with E-state index in [9.17, 15) is 14.4 Å². The molecule has 6 nitrogen and oxygen atoms in total. The van der Waals surface area contributed by atoms with Crippen LogP contribution in [0.5, 0.6) is 0 Å². The highest BCUT2D eigenvalue weighted by atomic mass is 35.5. The van der Waals surface area contributed by atoms with Crippen LogP contribution in [0.2, 0.25) is 0 Å². The molecule has 0 bridgehead atoms. The Morgan fingerprint density at radius 2 is 1.89 bits per heavy atom. The molecule has 0 aliphatic carbocycles. The van der Waals surface area contributed by atoms with E-state index in [1.807, 2.05) is 38.2 Å². The van der Waals surface area contributed by atoms with Gasteiger partial charge in [0.05, 0.1) is 6.61 Å². The second-order valence-electron chi connectivity index (χ2n) is 6.25. The van der Waals surface area contributed by atoms with E-state index in [4.69, 9.17) is 16.3 Å². The van der Waals surface area contributed by atoms with Crippen molar-refractivity contribution < 1.29 is 19.1 Å². The second kappa shape index (κ2) is 10.9. The molecule has 1 heterocycles. The van der Waals surface area contributed by atoms with Gasteiger partial charge < -0.3 is 14.5 Å². The summed E-state index contributed by atoms with van der Waals surface area (Å²) in [6, 6.07) is 0. The summed E-state index contributed by atoms with van der Waals surface area (Å²) in [4.78, 5) is 40.9. The van der Waals surface area contributed by atoms with E-state index in [-0.39, 0.29) is 30.0 Å². The number of carbonyl (C=O) groups is 3. The maximum Gasteiger partial charge on any atom is 0.354 e. The third-order valence-corrected chi connectivity index (χ3v) is 4.59. The number of nitrogens with zero attached hydrogens (tertiary/aromatic N) is 2. The van der Waals surface area contributed by atoms with Crippen molar-refractivity contribution in [1.29, 1.82) is 0 Å². The van der Waals surface area contributed by atoms with E-state index in [0.29, 0.717) is 25.9 Å². The Labute approximate surface area is 166 Å². The number of hydrogen-bond donors (Lipinski definition) is 0. The smallest absolute Gasteiger partial charge is 0.354 e. The van der Waals surface area contributed by atoms with Crippen LogP contribution in [0.15, 0.2) is 36.1 Å². The molecule has 0 saturated heterocycles. The van der Waals surface area contributed by atoms with Crippen molar-refractivity contribution in [2.75, 3.05) is 25.6 Å². The molecular weight excluding hydrogens is 368 g/mol. The molecule has 1 rings (SSSR count). The summed E-state index contributed by atoms with van der Waals surface area (Å²) in [7, 11) is 0. The number of carbonyl (C=O) groups excluding carboxylic acids is 3. The number of hydrogen-bond acceptors (Lipinski definition) is 4. The molecule has 0 aromatic carbocycles. The van der Waals surface area contributed by atoms with E-state index < -0.39 is 11.5 Å². The van der Waals surface area contributed by atoms with Gasteiger partial charge in [-0.3, -0.25) is 9.59 Å². The van der Waals surface area contributed by atoms with Crippen molar-refractivity contribution in [2.45, 2.75) is 46.1 Å². The monoisotopic (exact) mass is 396 g/mol. The van der Waals surface area contributed by atoms with Gasteiger partial charge in [0.2, 0.25) is 5.91 Å². The molecule has 0 aromatic rings. The van der Waals surface area contributed by atoms with Crippen LogP contribution < -0.4 is 0 Å². The van der Waals surface area contributed by atoms with Crippen LogP contribution in [0.3, 0.4) is 0 Å². The number of rotatable bonds is 10. The summed E-state index contributed by atoms with van der Waals surface area (Å²) in [5, 5.41) is 0. The highest BCUT2D eigenvalue weighted by Crippen LogP contribution is 2.32. The minimum absolute atomic E-state index is 0.173. The normalized spacial score (nSPS) is 19.8. The third kappa shape index (κ3) is 5.45. The van der Waals surface area contributed by atoms with Crippen molar-refractivity contribution >= 4 is 29.4 Å². The molecule has 1 aliphatic heterocycles. The second-order valence-corrected chi connectivity index (χ2v) is 6.52. The maximum absolute atomic E-state index is 13.2. The molecule has 1 aliphatic rings. The number of allylic oxidation sites excluding steroid dienone is 2. The van der Waals surface area contributed by atoms with E-state index in [0.717, 1.165) is 0 Å².